The molecule has 5 nitrogen and oxygen atoms in total. The number of carbonyl (C=O) groups is 1. The van der Waals surface area contributed by atoms with Crippen LogP contribution in [0.1, 0.15) is 41.0 Å². The molecule has 2 aliphatic rings. The topological polar surface area (TPSA) is 47.4 Å². The fourth-order valence-corrected chi connectivity index (χ4v) is 5.07. The number of aromatic nitrogens is 2. The van der Waals surface area contributed by atoms with Gasteiger partial charge in [-0.3, -0.25) is 9.48 Å². The van der Waals surface area contributed by atoms with Gasteiger partial charge in [0.2, 0.25) is 5.91 Å². The van der Waals surface area contributed by atoms with Crippen molar-refractivity contribution in [3.05, 3.63) is 89.2 Å². The number of hydrogen-bond acceptors (Lipinski definition) is 3. The molecule has 0 bridgehead atoms. The average molecular weight is 402 g/mol. The molecule has 154 valence electrons. The molecule has 1 fully saturated rings. The molecule has 5 rings (SSSR count). The first kappa shape index (κ1) is 19.1. The van der Waals surface area contributed by atoms with E-state index in [9.17, 15) is 4.79 Å². The fourth-order valence-electron chi connectivity index (χ4n) is 5.07. The summed E-state index contributed by atoms with van der Waals surface area (Å²) in [6.45, 7) is 2.58. The van der Waals surface area contributed by atoms with Gasteiger partial charge in [-0.15, -0.1) is 0 Å². The first-order chi connectivity index (χ1) is 14.7. The molecule has 1 aromatic heterocycles. The van der Waals surface area contributed by atoms with Gasteiger partial charge in [0, 0.05) is 45.5 Å². The van der Waals surface area contributed by atoms with E-state index in [1.165, 1.54) is 11.1 Å². The lowest BCUT2D eigenvalue weighted by Gasteiger charge is -2.43. The summed E-state index contributed by atoms with van der Waals surface area (Å²) in [5.41, 5.74) is 4.28. The summed E-state index contributed by atoms with van der Waals surface area (Å²) in [6, 6.07) is 18.8. The highest BCUT2D eigenvalue weighted by molar-refractivity contribution is 5.89. The largest absolute Gasteiger partial charge is 0.381 e. The van der Waals surface area contributed by atoms with Gasteiger partial charge >= 0.3 is 0 Å². The molecule has 1 saturated heterocycles. The van der Waals surface area contributed by atoms with Crippen molar-refractivity contribution in [1.29, 1.82) is 0 Å². The van der Waals surface area contributed by atoms with Crippen molar-refractivity contribution in [1.82, 2.24) is 14.7 Å². The van der Waals surface area contributed by atoms with Crippen LogP contribution in [0.2, 0.25) is 0 Å². The molecule has 0 N–H and O–H groups in total. The zero-order chi connectivity index (χ0) is 20.6. The third kappa shape index (κ3) is 3.23. The Morgan fingerprint density at radius 1 is 1.07 bits per heavy atom. The van der Waals surface area contributed by atoms with Gasteiger partial charge in [0.15, 0.2) is 0 Å². The Hall–Kier alpha value is -2.92. The van der Waals surface area contributed by atoms with Crippen LogP contribution in [-0.2, 0) is 28.5 Å². The molecule has 3 heterocycles. The zero-order valence-corrected chi connectivity index (χ0v) is 17.3. The predicted octanol–water partition coefficient (Wildman–Crippen LogP) is 3.64. The molecule has 1 unspecified atom stereocenters. The van der Waals surface area contributed by atoms with Gasteiger partial charge in [-0.05, 0) is 35.1 Å². The average Bonchev–Trinajstić information content (AvgIpc) is 3.25. The van der Waals surface area contributed by atoms with E-state index < -0.39 is 5.41 Å². The summed E-state index contributed by atoms with van der Waals surface area (Å²) < 4.78 is 7.49. The monoisotopic (exact) mass is 401 g/mol. The summed E-state index contributed by atoms with van der Waals surface area (Å²) in [5.74, 6) is 0.362. The molecule has 0 radical (unpaired) electrons. The number of aryl methyl sites for hydroxylation is 1. The van der Waals surface area contributed by atoms with Crippen molar-refractivity contribution in [3.8, 4) is 0 Å². The summed E-state index contributed by atoms with van der Waals surface area (Å²) in [6.07, 6.45) is 5.45. The Morgan fingerprint density at radius 3 is 2.53 bits per heavy atom. The molecule has 2 aromatic carbocycles. The predicted molar refractivity (Wildman–Crippen MR) is 115 cm³/mol. The highest BCUT2D eigenvalue weighted by atomic mass is 16.5. The van der Waals surface area contributed by atoms with Crippen LogP contribution in [0.4, 0.5) is 0 Å². The third-order valence-corrected chi connectivity index (χ3v) is 6.69. The van der Waals surface area contributed by atoms with Crippen molar-refractivity contribution < 1.29 is 9.53 Å². The maximum absolute atomic E-state index is 14.1. The van der Waals surface area contributed by atoms with Crippen LogP contribution in [0.25, 0.3) is 0 Å². The van der Waals surface area contributed by atoms with E-state index in [0.29, 0.717) is 26.3 Å². The molecule has 2 aliphatic heterocycles. The normalized spacial score (nSPS) is 20.6. The van der Waals surface area contributed by atoms with Crippen LogP contribution in [0.15, 0.2) is 67.0 Å². The van der Waals surface area contributed by atoms with Crippen LogP contribution in [-0.4, -0.2) is 40.3 Å². The van der Waals surface area contributed by atoms with Gasteiger partial charge in [-0.25, -0.2) is 0 Å². The highest BCUT2D eigenvalue weighted by Crippen LogP contribution is 2.40. The van der Waals surface area contributed by atoms with Crippen molar-refractivity contribution in [3.63, 3.8) is 0 Å². The molecular weight excluding hydrogens is 374 g/mol. The van der Waals surface area contributed by atoms with Gasteiger partial charge in [-0.1, -0.05) is 54.6 Å². The Morgan fingerprint density at radius 2 is 1.80 bits per heavy atom. The number of rotatable bonds is 3. The maximum Gasteiger partial charge on any atom is 0.233 e. The van der Waals surface area contributed by atoms with Crippen molar-refractivity contribution in [2.45, 2.75) is 30.7 Å². The second-order valence-electron chi connectivity index (χ2n) is 8.44. The molecule has 0 aliphatic carbocycles. The maximum atomic E-state index is 14.1. The van der Waals surface area contributed by atoms with Gasteiger partial charge in [0.05, 0.1) is 11.6 Å². The summed E-state index contributed by atoms with van der Waals surface area (Å²) in [5, 5.41) is 4.38. The summed E-state index contributed by atoms with van der Waals surface area (Å²) >= 11 is 0. The van der Waals surface area contributed by atoms with E-state index in [1.54, 1.807) is 0 Å². The lowest BCUT2D eigenvalue weighted by molar-refractivity contribution is -0.142. The van der Waals surface area contributed by atoms with Crippen molar-refractivity contribution in [2.24, 2.45) is 7.05 Å². The van der Waals surface area contributed by atoms with Gasteiger partial charge < -0.3 is 9.64 Å². The molecular formula is C25H27N3O2. The van der Waals surface area contributed by atoms with Gasteiger partial charge in [0.1, 0.15) is 0 Å². The quantitative estimate of drug-likeness (QED) is 0.673. The number of nitrogens with zero attached hydrogens (tertiary/aromatic N) is 3. The number of fused-ring (bicyclic) bond motifs is 1. The molecule has 5 heteroatoms. The van der Waals surface area contributed by atoms with E-state index in [4.69, 9.17) is 4.74 Å². The first-order valence-corrected chi connectivity index (χ1v) is 10.7. The molecule has 30 heavy (non-hydrogen) atoms. The minimum absolute atomic E-state index is 0.139. The number of ether oxygens (including phenoxy) is 1. The van der Waals surface area contributed by atoms with E-state index in [-0.39, 0.29) is 11.8 Å². The van der Waals surface area contributed by atoms with Gasteiger partial charge in [0.25, 0.3) is 0 Å². The SMILES string of the molecule is Cn1cc(C2CN(C(=O)C3(c4ccccc4)CCOCC3)Cc3ccccc32)cn1. The van der Waals surface area contributed by atoms with E-state index in [2.05, 4.69) is 52.6 Å². The number of benzene rings is 2. The Labute approximate surface area is 177 Å². The second-order valence-corrected chi connectivity index (χ2v) is 8.44. The smallest absolute Gasteiger partial charge is 0.233 e. The van der Waals surface area contributed by atoms with E-state index in [0.717, 1.165) is 24.0 Å². The molecule has 0 saturated carbocycles. The Balaban J connectivity index is 1.54. The molecule has 3 aromatic rings. The Bertz CT molecular complexity index is 1040. The number of hydrogen-bond donors (Lipinski definition) is 0. The van der Waals surface area contributed by atoms with Crippen LogP contribution >= 0.6 is 0 Å². The highest BCUT2D eigenvalue weighted by Gasteiger charge is 2.45. The Kier molecular flexibility index (Phi) is 4.91. The van der Waals surface area contributed by atoms with Crippen molar-refractivity contribution >= 4 is 5.91 Å². The minimum Gasteiger partial charge on any atom is -0.381 e. The fraction of sp³-hybridized carbons (Fsp3) is 0.360. The summed E-state index contributed by atoms with van der Waals surface area (Å²) in [7, 11) is 1.94. The van der Waals surface area contributed by atoms with Crippen LogP contribution in [0.3, 0.4) is 0 Å². The summed E-state index contributed by atoms with van der Waals surface area (Å²) in [4.78, 5) is 16.2. The van der Waals surface area contributed by atoms with Gasteiger partial charge in [-0.2, -0.15) is 5.10 Å². The zero-order valence-electron chi connectivity index (χ0n) is 17.3. The molecule has 0 spiro atoms. The van der Waals surface area contributed by atoms with E-state index in [1.807, 2.05) is 36.1 Å². The molecule has 1 atom stereocenters. The number of carbonyl (C=O) groups excluding carboxylic acids is 1. The van der Waals surface area contributed by atoms with Crippen LogP contribution in [0, 0.1) is 0 Å². The minimum atomic E-state index is -0.509. The third-order valence-electron chi connectivity index (χ3n) is 6.69. The van der Waals surface area contributed by atoms with Crippen LogP contribution in [0.5, 0.6) is 0 Å². The van der Waals surface area contributed by atoms with Crippen molar-refractivity contribution in [2.75, 3.05) is 19.8 Å². The second kappa shape index (κ2) is 7.73. The van der Waals surface area contributed by atoms with E-state index >= 15 is 0 Å². The molecule has 1 amide bonds. The first-order valence-electron chi connectivity index (χ1n) is 10.7. The van der Waals surface area contributed by atoms with Crippen LogP contribution < -0.4 is 0 Å². The standard InChI is InChI=1S/C25H27N3O2/c1-27-16-20(15-26-27)23-18-28(17-19-7-5-6-10-22(19)23)24(29)25(11-13-30-14-12-25)21-8-3-2-4-9-21/h2-10,15-16,23H,11-14,17-18H2,1H3. The number of amides is 1. The lowest BCUT2D eigenvalue weighted by atomic mass is 9.72. The lowest BCUT2D eigenvalue weighted by Crippen LogP contribution is -2.51.